The molecule has 0 atom stereocenters. The van der Waals surface area contributed by atoms with Crippen molar-refractivity contribution in [1.82, 2.24) is 4.98 Å². The van der Waals surface area contributed by atoms with Crippen molar-refractivity contribution >= 4 is 48.1 Å². The molecule has 1 N–H and O–H groups in total. The third-order valence-electron chi connectivity index (χ3n) is 10.6. The number of fused-ring (bicyclic) bond motifs is 6. The molecule has 0 unspecified atom stereocenters. The van der Waals surface area contributed by atoms with Gasteiger partial charge in [0, 0.05) is 64.7 Å². The summed E-state index contributed by atoms with van der Waals surface area (Å²) in [6.45, 7) is 20.0. The zero-order valence-electron chi connectivity index (χ0n) is 30.2. The predicted octanol–water partition coefficient (Wildman–Crippen LogP) is 12.6. The molecule has 1 aliphatic rings. The average Bonchev–Trinajstić information content (AvgIpc) is 3.45. The van der Waals surface area contributed by atoms with E-state index in [9.17, 15) is 9.90 Å². The Bertz CT molecular complexity index is 1940. The fourth-order valence-corrected chi connectivity index (χ4v) is 9.00. The van der Waals surface area contributed by atoms with Gasteiger partial charge < -0.3 is 5.11 Å². The number of hydrogen-bond donors (Lipinski definition) is 1. The molecule has 2 aromatic heterocycles. The van der Waals surface area contributed by atoms with Gasteiger partial charge in [0.25, 0.3) is 0 Å². The van der Waals surface area contributed by atoms with E-state index in [1.165, 1.54) is 55.6 Å². The fraction of sp³-hybridized carbons (Fsp3) is 0.442. The van der Waals surface area contributed by atoms with Crippen LogP contribution >= 0.6 is 11.3 Å². The van der Waals surface area contributed by atoms with Crippen LogP contribution in [0.15, 0.2) is 66.6 Å². The topological polar surface area (TPSA) is 50.2 Å². The summed E-state index contributed by atoms with van der Waals surface area (Å²) >= 11 is 1.94. The molecule has 0 spiro atoms. The Labute approximate surface area is 305 Å². The van der Waals surface area contributed by atoms with Crippen LogP contribution in [-0.4, -0.2) is 15.9 Å². The summed E-state index contributed by atoms with van der Waals surface area (Å²) < 4.78 is 2.74. The van der Waals surface area contributed by atoms with Crippen LogP contribution in [0.3, 0.4) is 0 Å². The number of rotatable bonds is 8. The molecule has 6 rings (SSSR count). The number of carbonyl (C=O) groups excluding carboxylic acids is 1. The van der Waals surface area contributed by atoms with Gasteiger partial charge >= 0.3 is 0 Å². The first-order chi connectivity index (χ1) is 22.4. The summed E-state index contributed by atoms with van der Waals surface area (Å²) in [6, 6.07) is 21.1. The molecule has 0 bridgehead atoms. The van der Waals surface area contributed by atoms with Crippen LogP contribution < -0.4 is 0 Å². The zero-order chi connectivity index (χ0) is 34.1. The van der Waals surface area contributed by atoms with E-state index in [4.69, 9.17) is 4.98 Å². The van der Waals surface area contributed by atoms with Crippen molar-refractivity contribution in [3.05, 3.63) is 89.3 Å². The van der Waals surface area contributed by atoms with Crippen molar-refractivity contribution in [2.45, 2.75) is 112 Å². The summed E-state index contributed by atoms with van der Waals surface area (Å²) in [6.07, 6.45) is 9.34. The molecular weight excluding hydrogens is 787 g/mol. The molecule has 0 amide bonds. The molecular formula is C43H52IrNO2S-. The van der Waals surface area contributed by atoms with Crippen LogP contribution in [0.25, 0.3) is 42.2 Å². The van der Waals surface area contributed by atoms with Crippen LogP contribution in [0.1, 0.15) is 111 Å². The monoisotopic (exact) mass is 839 g/mol. The van der Waals surface area contributed by atoms with E-state index in [2.05, 4.69) is 89.2 Å². The summed E-state index contributed by atoms with van der Waals surface area (Å²) in [5.74, 6) is 0.547. The summed E-state index contributed by atoms with van der Waals surface area (Å²) in [7, 11) is 0. The van der Waals surface area contributed by atoms with E-state index in [0.717, 1.165) is 42.3 Å². The third-order valence-corrected chi connectivity index (χ3v) is 11.9. The molecule has 48 heavy (non-hydrogen) atoms. The van der Waals surface area contributed by atoms with Crippen LogP contribution in [0.4, 0.5) is 0 Å². The Balaban J connectivity index is 0.000000279. The Morgan fingerprint density at radius 1 is 0.917 bits per heavy atom. The molecule has 3 aromatic carbocycles. The summed E-state index contributed by atoms with van der Waals surface area (Å²) in [5.41, 5.74) is 7.01. The van der Waals surface area contributed by atoms with E-state index in [-0.39, 0.29) is 54.3 Å². The molecule has 5 heteroatoms. The van der Waals surface area contributed by atoms with Gasteiger partial charge in [-0.25, -0.2) is 0 Å². The molecule has 0 saturated heterocycles. The van der Waals surface area contributed by atoms with E-state index in [1.807, 2.05) is 45.2 Å². The van der Waals surface area contributed by atoms with Gasteiger partial charge in [-0.3, -0.25) is 9.78 Å². The number of aliphatic hydroxyl groups is 1. The maximum absolute atomic E-state index is 11.7. The van der Waals surface area contributed by atoms with Crippen LogP contribution in [0.5, 0.6) is 0 Å². The number of benzene rings is 3. The van der Waals surface area contributed by atoms with Gasteiger partial charge in [-0.2, -0.15) is 0 Å². The standard InChI is InChI=1S/C30H28NS.C13H24O2.Ir/c1-18-16-23-25(30(4,5)14-13-29(23,2)3)28-24(18)22-12-15-31-26(27(22)32-28)21-11-10-19-8-6-7-9-20(19)17-21;1-5-10(6-2)12(14)9-13(15)11(7-3)8-4;/h6-12,15-16H,13-14H2,1-5H3;9-11,14H,5-8H2,1-4H3;/q-1;;/b;12-9-;. The first-order valence-electron chi connectivity index (χ1n) is 17.6. The molecule has 257 valence electrons. The predicted molar refractivity (Wildman–Crippen MR) is 203 cm³/mol. The smallest absolute Gasteiger partial charge is 0.162 e. The van der Waals surface area contributed by atoms with Gasteiger partial charge in [-0.05, 0) is 84.4 Å². The molecule has 0 aliphatic heterocycles. The van der Waals surface area contributed by atoms with Gasteiger partial charge in [-0.1, -0.05) is 90.6 Å². The SMILES string of the molecule is CCC(CC)C(=O)/C=C(\O)C(CC)CC.Cc1cc2c(c3sc4c(-c5[c-]c6ccccc6cc5)nccc4c13)C(C)(C)CCC2(C)C.[Ir]. The number of allylic oxidation sites excluding steroid dienone is 2. The Morgan fingerprint density at radius 2 is 1.56 bits per heavy atom. The minimum atomic E-state index is 0. The first-order valence-corrected chi connectivity index (χ1v) is 18.4. The average molecular weight is 839 g/mol. The van der Waals surface area contributed by atoms with Crippen molar-refractivity contribution in [2.24, 2.45) is 11.8 Å². The van der Waals surface area contributed by atoms with Gasteiger partial charge in [0.2, 0.25) is 0 Å². The number of aromatic nitrogens is 1. The third kappa shape index (κ3) is 7.35. The van der Waals surface area contributed by atoms with Crippen molar-refractivity contribution < 1.29 is 30.0 Å². The Morgan fingerprint density at radius 3 is 2.23 bits per heavy atom. The maximum Gasteiger partial charge on any atom is 0.162 e. The van der Waals surface area contributed by atoms with E-state index in [0.29, 0.717) is 0 Å². The molecule has 5 aromatic rings. The first kappa shape index (κ1) is 38.0. The van der Waals surface area contributed by atoms with Gasteiger partial charge in [0.1, 0.15) is 0 Å². The van der Waals surface area contributed by atoms with Crippen molar-refractivity contribution in [1.29, 1.82) is 0 Å². The summed E-state index contributed by atoms with van der Waals surface area (Å²) in [5, 5.41) is 14.9. The largest absolute Gasteiger partial charge is 0.512 e. The van der Waals surface area contributed by atoms with Crippen LogP contribution in [0.2, 0.25) is 0 Å². The summed E-state index contributed by atoms with van der Waals surface area (Å²) in [4.78, 5) is 16.6. The Kier molecular flexibility index (Phi) is 12.1. The number of thiophene rings is 1. The minimum absolute atomic E-state index is 0. The van der Waals surface area contributed by atoms with Gasteiger partial charge in [0.15, 0.2) is 5.78 Å². The molecule has 1 radical (unpaired) electrons. The van der Waals surface area contributed by atoms with Crippen LogP contribution in [0, 0.1) is 24.8 Å². The Hall–Kier alpha value is -2.85. The van der Waals surface area contributed by atoms with E-state index in [1.54, 1.807) is 5.56 Å². The molecule has 0 saturated carbocycles. The number of aliphatic hydroxyl groups excluding tert-OH is 1. The second kappa shape index (κ2) is 15.4. The maximum atomic E-state index is 11.7. The van der Waals surface area contributed by atoms with Gasteiger partial charge in [0.05, 0.1) is 5.76 Å². The van der Waals surface area contributed by atoms with Crippen molar-refractivity contribution in [2.75, 3.05) is 0 Å². The number of ketones is 1. The number of pyridine rings is 1. The number of hydrogen-bond acceptors (Lipinski definition) is 4. The van der Waals surface area contributed by atoms with Crippen molar-refractivity contribution in [3.8, 4) is 11.3 Å². The normalized spacial score (nSPS) is 15.4. The van der Waals surface area contributed by atoms with Crippen molar-refractivity contribution in [3.63, 3.8) is 0 Å². The van der Waals surface area contributed by atoms with Gasteiger partial charge in [-0.15, -0.1) is 41.0 Å². The fourth-order valence-electron chi connectivity index (χ4n) is 7.39. The molecule has 0 fully saturated rings. The van der Waals surface area contributed by atoms with E-state index >= 15 is 0 Å². The van der Waals surface area contributed by atoms with E-state index < -0.39 is 0 Å². The molecule has 3 nitrogen and oxygen atoms in total. The minimum Gasteiger partial charge on any atom is -0.512 e. The number of nitrogens with zero attached hydrogens (tertiary/aromatic N) is 1. The quantitative estimate of drug-likeness (QED) is 0.0962. The van der Waals surface area contributed by atoms with Crippen LogP contribution in [-0.2, 0) is 35.7 Å². The molecule has 2 heterocycles. The number of aryl methyl sites for hydroxylation is 1. The zero-order valence-corrected chi connectivity index (χ0v) is 33.4. The number of carbonyl (C=O) groups is 1. The molecule has 1 aliphatic carbocycles. The second-order valence-corrected chi connectivity index (χ2v) is 15.7. The second-order valence-electron chi connectivity index (χ2n) is 14.7.